The maximum absolute atomic E-state index is 5.72. The highest BCUT2D eigenvalue weighted by Gasteiger charge is 2.10. The quantitative estimate of drug-likeness (QED) is 0.777. The Bertz CT molecular complexity index is 521. The number of hydrogen-bond donors (Lipinski definition) is 1. The van der Waals surface area contributed by atoms with E-state index in [4.69, 9.17) is 4.74 Å². The Morgan fingerprint density at radius 2 is 2.21 bits per heavy atom. The molecule has 0 saturated heterocycles. The van der Waals surface area contributed by atoms with Gasteiger partial charge in [0.15, 0.2) is 0 Å². The molecule has 2 aromatic heterocycles. The van der Waals surface area contributed by atoms with Gasteiger partial charge in [0.25, 0.3) is 0 Å². The third kappa shape index (κ3) is 3.44. The second-order valence-electron chi connectivity index (χ2n) is 4.88. The SMILES string of the molecule is CCCNCCOc1nccn2nc(C(C)C)cc12. The summed E-state index contributed by atoms with van der Waals surface area (Å²) in [4.78, 5) is 4.29. The molecule has 0 saturated carbocycles. The molecule has 5 heteroatoms. The van der Waals surface area contributed by atoms with Crippen molar-refractivity contribution < 1.29 is 4.74 Å². The molecule has 0 atom stereocenters. The van der Waals surface area contributed by atoms with Crippen molar-refractivity contribution in [2.24, 2.45) is 0 Å². The van der Waals surface area contributed by atoms with E-state index >= 15 is 0 Å². The Balaban J connectivity index is 2.05. The second kappa shape index (κ2) is 6.52. The number of nitrogens with zero attached hydrogens (tertiary/aromatic N) is 3. The molecule has 0 fully saturated rings. The smallest absolute Gasteiger partial charge is 0.240 e. The van der Waals surface area contributed by atoms with Gasteiger partial charge in [-0.25, -0.2) is 9.50 Å². The van der Waals surface area contributed by atoms with Gasteiger partial charge in [0.1, 0.15) is 12.1 Å². The van der Waals surface area contributed by atoms with Crippen LogP contribution in [0.25, 0.3) is 5.52 Å². The highest BCUT2D eigenvalue weighted by molar-refractivity contribution is 5.56. The molecule has 2 aromatic rings. The largest absolute Gasteiger partial charge is 0.475 e. The lowest BCUT2D eigenvalue weighted by Gasteiger charge is -2.06. The van der Waals surface area contributed by atoms with E-state index in [1.807, 2.05) is 16.8 Å². The monoisotopic (exact) mass is 262 g/mol. The number of rotatable bonds is 7. The van der Waals surface area contributed by atoms with E-state index in [9.17, 15) is 0 Å². The van der Waals surface area contributed by atoms with Gasteiger partial charge < -0.3 is 10.1 Å². The van der Waals surface area contributed by atoms with Crippen LogP contribution in [0.4, 0.5) is 0 Å². The van der Waals surface area contributed by atoms with Crippen LogP contribution in [0.15, 0.2) is 18.5 Å². The average Bonchev–Trinajstić information content (AvgIpc) is 2.83. The Hall–Kier alpha value is -1.62. The van der Waals surface area contributed by atoms with Crippen LogP contribution in [0.3, 0.4) is 0 Å². The molecule has 19 heavy (non-hydrogen) atoms. The first-order valence-corrected chi connectivity index (χ1v) is 6.90. The van der Waals surface area contributed by atoms with Gasteiger partial charge in [-0.05, 0) is 24.9 Å². The van der Waals surface area contributed by atoms with Crippen LogP contribution in [-0.2, 0) is 0 Å². The van der Waals surface area contributed by atoms with Gasteiger partial charge in [-0.1, -0.05) is 20.8 Å². The molecule has 2 heterocycles. The van der Waals surface area contributed by atoms with Crippen molar-refractivity contribution in [1.29, 1.82) is 0 Å². The maximum Gasteiger partial charge on any atom is 0.240 e. The lowest BCUT2D eigenvalue weighted by atomic mass is 10.1. The zero-order valence-electron chi connectivity index (χ0n) is 11.9. The molecule has 0 unspecified atom stereocenters. The molecule has 0 radical (unpaired) electrons. The Kier molecular flexibility index (Phi) is 4.74. The van der Waals surface area contributed by atoms with Crippen LogP contribution >= 0.6 is 0 Å². The number of hydrogen-bond acceptors (Lipinski definition) is 4. The third-order valence-electron chi connectivity index (χ3n) is 2.91. The first kappa shape index (κ1) is 13.8. The standard InChI is InChI=1S/C14H22N4O/c1-4-5-15-7-9-19-14-13-10-12(11(2)3)17-18(13)8-6-16-14/h6,8,10-11,15H,4-5,7,9H2,1-3H3. The molecule has 0 bridgehead atoms. The van der Waals surface area contributed by atoms with Gasteiger partial charge in [-0.15, -0.1) is 0 Å². The predicted octanol–water partition coefficient (Wildman–Crippen LogP) is 2.23. The fraction of sp³-hybridized carbons (Fsp3) is 0.571. The minimum Gasteiger partial charge on any atom is -0.475 e. The van der Waals surface area contributed by atoms with Crippen molar-refractivity contribution in [1.82, 2.24) is 19.9 Å². The van der Waals surface area contributed by atoms with Gasteiger partial charge >= 0.3 is 0 Å². The van der Waals surface area contributed by atoms with Crippen LogP contribution in [0.1, 0.15) is 38.8 Å². The average molecular weight is 262 g/mol. The number of ether oxygens (including phenoxy) is 1. The summed E-state index contributed by atoms with van der Waals surface area (Å²) in [5.74, 6) is 1.05. The summed E-state index contributed by atoms with van der Waals surface area (Å²) < 4.78 is 7.55. The van der Waals surface area contributed by atoms with Crippen LogP contribution in [0, 0.1) is 0 Å². The zero-order valence-corrected chi connectivity index (χ0v) is 11.9. The third-order valence-corrected chi connectivity index (χ3v) is 2.91. The molecular weight excluding hydrogens is 240 g/mol. The van der Waals surface area contributed by atoms with Crippen LogP contribution in [0.2, 0.25) is 0 Å². The van der Waals surface area contributed by atoms with E-state index in [-0.39, 0.29) is 0 Å². The molecule has 1 N–H and O–H groups in total. The first-order valence-electron chi connectivity index (χ1n) is 6.90. The molecule has 0 aliphatic carbocycles. The van der Waals surface area contributed by atoms with Gasteiger partial charge in [0.2, 0.25) is 5.88 Å². The van der Waals surface area contributed by atoms with E-state index in [1.54, 1.807) is 6.20 Å². The van der Waals surface area contributed by atoms with Crippen LogP contribution in [0.5, 0.6) is 5.88 Å². The fourth-order valence-electron chi connectivity index (χ4n) is 1.83. The zero-order chi connectivity index (χ0) is 13.7. The Labute approximate surface area is 114 Å². The number of fused-ring (bicyclic) bond motifs is 1. The van der Waals surface area contributed by atoms with Crippen LogP contribution < -0.4 is 10.1 Å². The van der Waals surface area contributed by atoms with Crippen LogP contribution in [-0.4, -0.2) is 34.3 Å². The molecule has 2 rings (SSSR count). The Morgan fingerprint density at radius 3 is 2.95 bits per heavy atom. The normalized spacial score (nSPS) is 11.4. The summed E-state index contributed by atoms with van der Waals surface area (Å²) in [6.07, 6.45) is 4.70. The molecule has 5 nitrogen and oxygen atoms in total. The molecule has 0 spiro atoms. The van der Waals surface area contributed by atoms with E-state index in [0.717, 1.165) is 30.7 Å². The lowest BCUT2D eigenvalue weighted by Crippen LogP contribution is -2.21. The number of nitrogens with one attached hydrogen (secondary N) is 1. The molecular formula is C14H22N4O. The van der Waals surface area contributed by atoms with E-state index in [1.165, 1.54) is 0 Å². The van der Waals surface area contributed by atoms with E-state index in [2.05, 4.69) is 36.2 Å². The summed E-state index contributed by atoms with van der Waals surface area (Å²) >= 11 is 0. The molecule has 0 amide bonds. The van der Waals surface area contributed by atoms with Crippen molar-refractivity contribution in [2.75, 3.05) is 19.7 Å². The summed E-state index contributed by atoms with van der Waals surface area (Å²) in [6, 6.07) is 2.05. The minimum atomic E-state index is 0.402. The van der Waals surface area contributed by atoms with E-state index in [0.29, 0.717) is 18.4 Å². The molecule has 0 aliphatic heterocycles. The molecule has 104 valence electrons. The van der Waals surface area contributed by atoms with Crippen molar-refractivity contribution in [3.63, 3.8) is 0 Å². The van der Waals surface area contributed by atoms with Crippen molar-refractivity contribution in [2.45, 2.75) is 33.1 Å². The van der Waals surface area contributed by atoms with Gasteiger partial charge in [0.05, 0.1) is 5.69 Å². The summed E-state index contributed by atoms with van der Waals surface area (Å²) in [5, 5.41) is 7.81. The Morgan fingerprint density at radius 1 is 1.37 bits per heavy atom. The summed E-state index contributed by atoms with van der Waals surface area (Å²) in [7, 11) is 0. The maximum atomic E-state index is 5.72. The molecule has 0 aliphatic rings. The first-order chi connectivity index (χ1) is 9.22. The van der Waals surface area contributed by atoms with Crippen molar-refractivity contribution in [3.8, 4) is 5.88 Å². The lowest BCUT2D eigenvalue weighted by molar-refractivity contribution is 0.305. The second-order valence-corrected chi connectivity index (χ2v) is 4.88. The summed E-state index contributed by atoms with van der Waals surface area (Å²) in [5.41, 5.74) is 1.99. The van der Waals surface area contributed by atoms with E-state index < -0.39 is 0 Å². The van der Waals surface area contributed by atoms with Gasteiger partial charge in [0, 0.05) is 18.9 Å². The predicted molar refractivity (Wildman–Crippen MR) is 75.7 cm³/mol. The fourth-order valence-corrected chi connectivity index (χ4v) is 1.83. The minimum absolute atomic E-state index is 0.402. The summed E-state index contributed by atoms with van der Waals surface area (Å²) in [6.45, 7) is 8.88. The van der Waals surface area contributed by atoms with Gasteiger partial charge in [-0.3, -0.25) is 0 Å². The van der Waals surface area contributed by atoms with Gasteiger partial charge in [-0.2, -0.15) is 5.10 Å². The van der Waals surface area contributed by atoms with Crippen molar-refractivity contribution in [3.05, 3.63) is 24.2 Å². The molecule has 0 aromatic carbocycles. The highest BCUT2D eigenvalue weighted by Crippen LogP contribution is 2.21. The number of aromatic nitrogens is 3. The highest BCUT2D eigenvalue weighted by atomic mass is 16.5. The topological polar surface area (TPSA) is 51.5 Å². The van der Waals surface area contributed by atoms with Crippen molar-refractivity contribution >= 4 is 5.52 Å².